The summed E-state index contributed by atoms with van der Waals surface area (Å²) in [6.07, 6.45) is 2.46. The molecule has 1 spiro atoms. The van der Waals surface area contributed by atoms with Crippen LogP contribution >= 0.6 is 0 Å². The number of amides is 2. The molecule has 5 heteroatoms. The van der Waals surface area contributed by atoms with E-state index in [1.807, 2.05) is 29.2 Å². The normalized spacial score (nSPS) is 29.0. The fourth-order valence-corrected chi connectivity index (χ4v) is 3.99. The Morgan fingerprint density at radius 3 is 2.57 bits per heavy atom. The summed E-state index contributed by atoms with van der Waals surface area (Å²) in [5.74, 6) is -0.151. The van der Waals surface area contributed by atoms with Crippen LogP contribution in [-0.2, 0) is 15.0 Å². The Labute approximate surface area is 123 Å². The maximum Gasteiger partial charge on any atom is 0.247 e. The van der Waals surface area contributed by atoms with Gasteiger partial charge in [0.05, 0.1) is 0 Å². The van der Waals surface area contributed by atoms with E-state index in [-0.39, 0.29) is 17.9 Å². The van der Waals surface area contributed by atoms with E-state index in [0.717, 1.165) is 37.2 Å². The molecule has 3 aliphatic rings. The maximum atomic E-state index is 13.1. The summed E-state index contributed by atoms with van der Waals surface area (Å²) in [6, 6.07) is 8.00. The highest BCUT2D eigenvalue weighted by molar-refractivity contribution is 6.22. The third-order valence-electron chi connectivity index (χ3n) is 5.05. The van der Waals surface area contributed by atoms with E-state index < -0.39 is 5.41 Å². The molecule has 1 unspecified atom stereocenters. The molecular formula is C16H19N3O2. The molecule has 2 amide bonds. The van der Waals surface area contributed by atoms with E-state index in [2.05, 4.69) is 10.6 Å². The van der Waals surface area contributed by atoms with Crippen molar-refractivity contribution in [2.75, 3.05) is 24.5 Å². The lowest BCUT2D eigenvalue weighted by atomic mass is 9.80. The van der Waals surface area contributed by atoms with Crippen LogP contribution in [0.3, 0.4) is 0 Å². The van der Waals surface area contributed by atoms with E-state index in [1.165, 1.54) is 0 Å². The zero-order valence-corrected chi connectivity index (χ0v) is 11.9. The Morgan fingerprint density at radius 1 is 1.10 bits per heavy atom. The number of carbonyl (C=O) groups excluding carboxylic acids is 2. The second kappa shape index (κ2) is 4.56. The molecule has 2 fully saturated rings. The second-order valence-electron chi connectivity index (χ2n) is 6.08. The summed E-state index contributed by atoms with van der Waals surface area (Å²) in [6.45, 7) is 2.44. The van der Waals surface area contributed by atoms with Crippen molar-refractivity contribution in [3.8, 4) is 0 Å². The van der Waals surface area contributed by atoms with Gasteiger partial charge in [0.1, 0.15) is 0 Å². The van der Waals surface area contributed by atoms with Gasteiger partial charge in [0, 0.05) is 23.8 Å². The predicted molar refractivity (Wildman–Crippen MR) is 79.1 cm³/mol. The van der Waals surface area contributed by atoms with Crippen LogP contribution in [0, 0.1) is 0 Å². The molecule has 1 aromatic carbocycles. The lowest BCUT2D eigenvalue weighted by Crippen LogP contribution is -2.51. The van der Waals surface area contributed by atoms with Gasteiger partial charge in [-0.1, -0.05) is 18.2 Å². The first-order chi connectivity index (χ1) is 10.2. The number of nitrogens with one attached hydrogen (secondary N) is 2. The highest BCUT2D eigenvalue weighted by atomic mass is 16.2. The van der Waals surface area contributed by atoms with Crippen LogP contribution < -0.4 is 15.5 Å². The minimum atomic E-state index is -0.971. The maximum absolute atomic E-state index is 13.1. The van der Waals surface area contributed by atoms with Crippen molar-refractivity contribution in [1.29, 1.82) is 0 Å². The summed E-state index contributed by atoms with van der Waals surface area (Å²) >= 11 is 0. The van der Waals surface area contributed by atoms with Gasteiger partial charge in [-0.2, -0.15) is 0 Å². The number of fused-ring (bicyclic) bond motifs is 2. The van der Waals surface area contributed by atoms with E-state index in [4.69, 9.17) is 0 Å². The van der Waals surface area contributed by atoms with Gasteiger partial charge in [-0.15, -0.1) is 0 Å². The van der Waals surface area contributed by atoms with Gasteiger partial charge in [-0.05, 0) is 38.4 Å². The smallest absolute Gasteiger partial charge is 0.247 e. The van der Waals surface area contributed by atoms with Gasteiger partial charge in [0.15, 0.2) is 5.41 Å². The van der Waals surface area contributed by atoms with Crippen LogP contribution in [0.5, 0.6) is 0 Å². The summed E-state index contributed by atoms with van der Waals surface area (Å²) in [5, 5.41) is 6.18. The molecule has 0 bridgehead atoms. The zero-order valence-electron chi connectivity index (χ0n) is 11.9. The molecule has 4 rings (SSSR count). The fraction of sp³-hybridized carbons (Fsp3) is 0.500. The van der Waals surface area contributed by atoms with Gasteiger partial charge >= 0.3 is 0 Å². The molecule has 0 saturated carbocycles. The Hall–Kier alpha value is -1.88. The highest BCUT2D eigenvalue weighted by Gasteiger charge is 2.59. The Bertz CT molecular complexity index is 609. The van der Waals surface area contributed by atoms with Crippen LogP contribution in [0.25, 0.3) is 0 Å². The van der Waals surface area contributed by atoms with E-state index in [9.17, 15) is 9.59 Å². The Morgan fingerprint density at radius 2 is 1.86 bits per heavy atom. The van der Waals surface area contributed by atoms with E-state index in [1.54, 1.807) is 0 Å². The van der Waals surface area contributed by atoms with Crippen LogP contribution in [0.1, 0.15) is 24.8 Å². The largest absolute Gasteiger partial charge is 0.355 e. The van der Waals surface area contributed by atoms with Crippen LogP contribution in [0.15, 0.2) is 24.3 Å². The van der Waals surface area contributed by atoms with Crippen LogP contribution in [0.2, 0.25) is 0 Å². The second-order valence-corrected chi connectivity index (χ2v) is 6.08. The number of carbonyl (C=O) groups is 2. The van der Waals surface area contributed by atoms with Crippen molar-refractivity contribution >= 4 is 17.5 Å². The monoisotopic (exact) mass is 285 g/mol. The third kappa shape index (κ3) is 1.61. The van der Waals surface area contributed by atoms with E-state index >= 15 is 0 Å². The molecule has 0 aromatic heterocycles. The van der Waals surface area contributed by atoms with Crippen LogP contribution in [0.4, 0.5) is 5.69 Å². The fourth-order valence-electron chi connectivity index (χ4n) is 3.99. The lowest BCUT2D eigenvalue weighted by Gasteiger charge is -2.33. The molecule has 0 aliphatic carbocycles. The molecule has 0 radical (unpaired) electrons. The SMILES string of the molecule is O=C1NCCC12C(=O)N(C1CCNCC1)c1ccccc12. The predicted octanol–water partition coefficient (Wildman–Crippen LogP) is 0.543. The van der Waals surface area contributed by atoms with Gasteiger partial charge in [-0.3, -0.25) is 9.59 Å². The standard InChI is InChI=1S/C16H19N3O2/c20-14-16(7-10-18-14)12-3-1-2-4-13(12)19(15(16)21)11-5-8-17-9-6-11/h1-4,11,17H,5-10H2,(H,18,20). The highest BCUT2D eigenvalue weighted by Crippen LogP contribution is 2.47. The first-order valence-electron chi connectivity index (χ1n) is 7.67. The first kappa shape index (κ1) is 12.8. The molecule has 1 aromatic rings. The van der Waals surface area contributed by atoms with Gasteiger partial charge in [-0.25, -0.2) is 0 Å². The van der Waals surface area contributed by atoms with Crippen molar-refractivity contribution in [1.82, 2.24) is 10.6 Å². The number of hydrogen-bond acceptors (Lipinski definition) is 3. The summed E-state index contributed by atoms with van der Waals surface area (Å²) in [5.41, 5.74) is 0.858. The van der Waals surface area contributed by atoms with Crippen molar-refractivity contribution < 1.29 is 9.59 Å². The molecule has 21 heavy (non-hydrogen) atoms. The lowest BCUT2D eigenvalue weighted by molar-refractivity contribution is -0.133. The molecule has 2 N–H and O–H groups in total. The Kier molecular flexibility index (Phi) is 2.79. The number of benzene rings is 1. The molecular weight excluding hydrogens is 266 g/mol. The van der Waals surface area contributed by atoms with Crippen LogP contribution in [-0.4, -0.2) is 37.5 Å². The van der Waals surface area contributed by atoms with Crippen molar-refractivity contribution in [2.45, 2.75) is 30.7 Å². The molecule has 5 nitrogen and oxygen atoms in total. The van der Waals surface area contributed by atoms with Gasteiger partial charge in [0.25, 0.3) is 0 Å². The van der Waals surface area contributed by atoms with Gasteiger partial charge in [0.2, 0.25) is 11.8 Å². The van der Waals surface area contributed by atoms with E-state index in [0.29, 0.717) is 13.0 Å². The summed E-state index contributed by atoms with van der Waals surface area (Å²) in [7, 11) is 0. The molecule has 1 atom stereocenters. The topological polar surface area (TPSA) is 61.4 Å². The summed E-state index contributed by atoms with van der Waals surface area (Å²) < 4.78 is 0. The quantitative estimate of drug-likeness (QED) is 0.741. The zero-order chi connectivity index (χ0) is 14.4. The van der Waals surface area contributed by atoms with Crippen molar-refractivity contribution in [2.24, 2.45) is 0 Å². The summed E-state index contributed by atoms with van der Waals surface area (Å²) in [4.78, 5) is 27.5. The number of hydrogen-bond donors (Lipinski definition) is 2. The average molecular weight is 285 g/mol. The average Bonchev–Trinajstić information content (AvgIpc) is 3.02. The molecule has 2 saturated heterocycles. The van der Waals surface area contributed by atoms with Crippen molar-refractivity contribution in [3.63, 3.8) is 0 Å². The number of para-hydroxylation sites is 1. The molecule has 110 valence electrons. The van der Waals surface area contributed by atoms with Crippen molar-refractivity contribution in [3.05, 3.63) is 29.8 Å². The number of anilines is 1. The minimum absolute atomic E-state index is 0.0226. The first-order valence-corrected chi connectivity index (χ1v) is 7.67. The molecule has 3 aliphatic heterocycles. The number of piperidine rings is 1. The Balaban J connectivity index is 1.83. The number of rotatable bonds is 1. The number of nitrogens with zero attached hydrogens (tertiary/aromatic N) is 1. The third-order valence-corrected chi connectivity index (χ3v) is 5.05. The molecule has 3 heterocycles. The van der Waals surface area contributed by atoms with Gasteiger partial charge < -0.3 is 15.5 Å². The minimum Gasteiger partial charge on any atom is -0.355 e.